The van der Waals surface area contributed by atoms with Gasteiger partial charge in [0.15, 0.2) is 0 Å². The van der Waals surface area contributed by atoms with Gasteiger partial charge in [-0.2, -0.15) is 0 Å². The van der Waals surface area contributed by atoms with Crippen LogP contribution < -0.4 is 0 Å². The third-order valence-corrected chi connectivity index (χ3v) is 2.94. The molecular weight excluding hydrogens is 228 g/mol. The van der Waals surface area contributed by atoms with E-state index in [1.165, 1.54) is 5.56 Å². The molecule has 0 unspecified atom stereocenters. The molecule has 0 heterocycles. The third kappa shape index (κ3) is 4.72. The molecule has 98 valence electrons. The zero-order valence-corrected chi connectivity index (χ0v) is 10.7. The summed E-state index contributed by atoms with van der Waals surface area (Å²) < 4.78 is 5.54. The highest BCUT2D eigenvalue weighted by molar-refractivity contribution is 5.70. The molecule has 0 saturated carbocycles. The average molecular weight is 248 g/mol. The molecule has 0 saturated heterocycles. The van der Waals surface area contributed by atoms with Gasteiger partial charge >= 0.3 is 5.97 Å². The summed E-state index contributed by atoms with van der Waals surface area (Å²) in [6, 6.07) is 10.0. The molecule has 0 aromatic heterocycles. The highest BCUT2D eigenvalue weighted by atomic mass is 16.5. The molecule has 2 atom stereocenters. The Balaban J connectivity index is 2.55. The zero-order chi connectivity index (χ0) is 13.4. The number of ether oxygens (including phenoxy) is 1. The molecule has 0 bridgehead atoms. The predicted octanol–water partition coefficient (Wildman–Crippen LogP) is 2.91. The standard InChI is InChI=1S/C15H20O3/c1-3-11-18-14(12(2)15(16)17)10-9-13-7-5-4-6-8-13/h3-8,12,14H,1,9-11H2,2H3,(H,16,17)/t12-,14+/m0/s1. The SMILES string of the molecule is C=CCO[C@H](CCc1ccccc1)[C@H](C)C(=O)O. The van der Waals surface area contributed by atoms with Gasteiger partial charge in [-0.3, -0.25) is 4.79 Å². The van der Waals surface area contributed by atoms with Crippen LogP contribution >= 0.6 is 0 Å². The molecule has 1 aromatic carbocycles. The van der Waals surface area contributed by atoms with Crippen molar-refractivity contribution in [3.05, 3.63) is 48.6 Å². The van der Waals surface area contributed by atoms with Gasteiger partial charge < -0.3 is 9.84 Å². The zero-order valence-electron chi connectivity index (χ0n) is 10.7. The first-order chi connectivity index (χ1) is 8.65. The summed E-state index contributed by atoms with van der Waals surface area (Å²) in [5.74, 6) is -1.33. The maximum atomic E-state index is 11.0. The van der Waals surface area contributed by atoms with E-state index < -0.39 is 11.9 Å². The molecule has 3 heteroatoms. The molecule has 1 aromatic rings. The van der Waals surface area contributed by atoms with E-state index in [0.29, 0.717) is 13.0 Å². The van der Waals surface area contributed by atoms with Crippen molar-refractivity contribution >= 4 is 5.97 Å². The van der Waals surface area contributed by atoms with Crippen LogP contribution in [-0.2, 0) is 16.0 Å². The summed E-state index contributed by atoms with van der Waals surface area (Å²) in [7, 11) is 0. The second-order valence-electron chi connectivity index (χ2n) is 4.31. The fourth-order valence-corrected chi connectivity index (χ4v) is 1.78. The molecule has 0 spiro atoms. The number of aryl methyl sites for hydroxylation is 1. The van der Waals surface area contributed by atoms with Crippen molar-refractivity contribution in [1.29, 1.82) is 0 Å². The highest BCUT2D eigenvalue weighted by Crippen LogP contribution is 2.15. The van der Waals surface area contributed by atoms with E-state index in [-0.39, 0.29) is 6.10 Å². The van der Waals surface area contributed by atoms with Crippen LogP contribution in [0.4, 0.5) is 0 Å². The lowest BCUT2D eigenvalue weighted by Gasteiger charge is -2.20. The van der Waals surface area contributed by atoms with Gasteiger partial charge in [0.25, 0.3) is 0 Å². The van der Waals surface area contributed by atoms with Gasteiger partial charge in [0.2, 0.25) is 0 Å². The number of carbonyl (C=O) groups is 1. The van der Waals surface area contributed by atoms with E-state index in [2.05, 4.69) is 6.58 Å². The molecular formula is C15H20O3. The fraction of sp³-hybridized carbons (Fsp3) is 0.400. The van der Waals surface area contributed by atoms with Gasteiger partial charge in [-0.25, -0.2) is 0 Å². The van der Waals surface area contributed by atoms with Crippen LogP contribution in [0.3, 0.4) is 0 Å². The molecule has 18 heavy (non-hydrogen) atoms. The van der Waals surface area contributed by atoms with E-state index in [1.54, 1.807) is 13.0 Å². The number of hydrogen-bond donors (Lipinski definition) is 1. The van der Waals surface area contributed by atoms with E-state index in [4.69, 9.17) is 9.84 Å². The smallest absolute Gasteiger partial charge is 0.308 e. The van der Waals surface area contributed by atoms with Crippen LogP contribution in [-0.4, -0.2) is 23.8 Å². The fourth-order valence-electron chi connectivity index (χ4n) is 1.78. The van der Waals surface area contributed by atoms with Crippen LogP contribution in [0.1, 0.15) is 18.9 Å². The molecule has 1 rings (SSSR count). The Bertz CT molecular complexity index is 373. The van der Waals surface area contributed by atoms with Gasteiger partial charge in [-0.15, -0.1) is 6.58 Å². The monoisotopic (exact) mass is 248 g/mol. The summed E-state index contributed by atoms with van der Waals surface area (Å²) in [5.41, 5.74) is 1.20. The summed E-state index contributed by atoms with van der Waals surface area (Å²) >= 11 is 0. The number of hydrogen-bond acceptors (Lipinski definition) is 2. The maximum absolute atomic E-state index is 11.0. The van der Waals surface area contributed by atoms with E-state index in [1.807, 2.05) is 30.3 Å². The van der Waals surface area contributed by atoms with Crippen molar-refractivity contribution in [2.75, 3.05) is 6.61 Å². The Hall–Kier alpha value is -1.61. The minimum atomic E-state index is -0.822. The number of aliphatic carboxylic acids is 1. The second-order valence-corrected chi connectivity index (χ2v) is 4.31. The number of benzene rings is 1. The Labute approximate surface area is 108 Å². The topological polar surface area (TPSA) is 46.5 Å². The highest BCUT2D eigenvalue weighted by Gasteiger charge is 2.23. The van der Waals surface area contributed by atoms with E-state index in [0.717, 1.165) is 6.42 Å². The lowest BCUT2D eigenvalue weighted by molar-refractivity contribution is -0.146. The van der Waals surface area contributed by atoms with Crippen LogP contribution in [0.2, 0.25) is 0 Å². The first-order valence-electron chi connectivity index (χ1n) is 6.14. The largest absolute Gasteiger partial charge is 0.481 e. The van der Waals surface area contributed by atoms with Crippen molar-refractivity contribution in [3.63, 3.8) is 0 Å². The van der Waals surface area contributed by atoms with Crippen molar-refractivity contribution < 1.29 is 14.6 Å². The van der Waals surface area contributed by atoms with Gasteiger partial charge in [0.05, 0.1) is 18.6 Å². The Morgan fingerprint density at radius 1 is 1.44 bits per heavy atom. The van der Waals surface area contributed by atoms with Crippen molar-refractivity contribution in [1.82, 2.24) is 0 Å². The molecule has 0 fully saturated rings. The second kappa shape index (κ2) is 7.67. The number of carboxylic acid groups (broad SMARTS) is 1. The third-order valence-electron chi connectivity index (χ3n) is 2.94. The first kappa shape index (κ1) is 14.5. The molecule has 0 radical (unpaired) electrons. The summed E-state index contributed by atoms with van der Waals surface area (Å²) in [4.78, 5) is 11.0. The molecule has 0 aliphatic heterocycles. The van der Waals surface area contributed by atoms with Gasteiger partial charge in [0, 0.05) is 0 Å². The summed E-state index contributed by atoms with van der Waals surface area (Å²) in [6.07, 6.45) is 2.89. The van der Waals surface area contributed by atoms with Crippen LogP contribution in [0.15, 0.2) is 43.0 Å². The lowest BCUT2D eigenvalue weighted by atomic mass is 9.98. The normalized spacial score (nSPS) is 13.8. The molecule has 0 aliphatic rings. The molecule has 0 aliphatic carbocycles. The Morgan fingerprint density at radius 3 is 2.67 bits per heavy atom. The van der Waals surface area contributed by atoms with Gasteiger partial charge in [-0.05, 0) is 25.3 Å². The van der Waals surface area contributed by atoms with Gasteiger partial charge in [-0.1, -0.05) is 36.4 Å². The number of carboxylic acids is 1. The molecule has 0 amide bonds. The van der Waals surface area contributed by atoms with E-state index in [9.17, 15) is 4.79 Å². The Morgan fingerprint density at radius 2 is 2.11 bits per heavy atom. The van der Waals surface area contributed by atoms with Crippen molar-refractivity contribution in [2.45, 2.75) is 25.9 Å². The number of rotatable bonds is 8. The predicted molar refractivity (Wildman–Crippen MR) is 71.5 cm³/mol. The van der Waals surface area contributed by atoms with Crippen molar-refractivity contribution in [3.8, 4) is 0 Å². The maximum Gasteiger partial charge on any atom is 0.308 e. The minimum Gasteiger partial charge on any atom is -0.481 e. The Kier molecular flexibility index (Phi) is 6.15. The van der Waals surface area contributed by atoms with Crippen LogP contribution in [0.25, 0.3) is 0 Å². The van der Waals surface area contributed by atoms with Crippen molar-refractivity contribution in [2.24, 2.45) is 5.92 Å². The summed E-state index contributed by atoms with van der Waals surface area (Å²) in [6.45, 7) is 5.65. The van der Waals surface area contributed by atoms with Crippen LogP contribution in [0.5, 0.6) is 0 Å². The molecule has 3 nitrogen and oxygen atoms in total. The van der Waals surface area contributed by atoms with E-state index >= 15 is 0 Å². The van der Waals surface area contributed by atoms with Crippen LogP contribution in [0, 0.1) is 5.92 Å². The minimum absolute atomic E-state index is 0.277. The molecule has 1 N–H and O–H groups in total. The quantitative estimate of drug-likeness (QED) is 0.719. The average Bonchev–Trinajstić information content (AvgIpc) is 2.39. The first-order valence-corrected chi connectivity index (χ1v) is 6.14. The summed E-state index contributed by atoms with van der Waals surface area (Å²) in [5, 5.41) is 9.04. The van der Waals surface area contributed by atoms with Gasteiger partial charge in [0.1, 0.15) is 0 Å². The lowest BCUT2D eigenvalue weighted by Crippen LogP contribution is -2.29.